The Labute approximate surface area is 142 Å². The first kappa shape index (κ1) is 17.8. The molecule has 0 aliphatic carbocycles. The van der Waals surface area contributed by atoms with Crippen LogP contribution in [0.2, 0.25) is 0 Å². The Hall–Kier alpha value is -2.59. The third kappa shape index (κ3) is 6.26. The average Bonchev–Trinajstić information content (AvgIpc) is 2.59. The van der Waals surface area contributed by atoms with Gasteiger partial charge >= 0.3 is 5.97 Å². The number of hydrogen-bond acceptors (Lipinski definition) is 3. The van der Waals surface area contributed by atoms with E-state index < -0.39 is 12.1 Å². The monoisotopic (exact) mass is 326 g/mol. The highest BCUT2D eigenvalue weighted by Gasteiger charge is 2.19. The van der Waals surface area contributed by atoms with E-state index in [0.29, 0.717) is 25.4 Å². The third-order valence-corrected chi connectivity index (χ3v) is 3.42. The Morgan fingerprint density at radius 2 is 1.83 bits per heavy atom. The highest BCUT2D eigenvalue weighted by Crippen LogP contribution is 2.15. The molecular weight excluding hydrogens is 304 g/mol. The first-order valence-corrected chi connectivity index (χ1v) is 7.90. The Kier molecular flexibility index (Phi) is 7.05. The average molecular weight is 326 g/mol. The van der Waals surface area contributed by atoms with Crippen molar-refractivity contribution in [3.63, 3.8) is 0 Å². The number of carboxylic acid groups (broad SMARTS) is 1. The quantitative estimate of drug-likeness (QED) is 0.709. The first-order valence-electron chi connectivity index (χ1n) is 7.90. The first-order chi connectivity index (χ1) is 11.6. The number of rotatable bonds is 9. The van der Waals surface area contributed by atoms with E-state index in [1.807, 2.05) is 61.5 Å². The van der Waals surface area contributed by atoms with Crippen LogP contribution in [0.1, 0.15) is 17.5 Å². The van der Waals surface area contributed by atoms with Crippen molar-refractivity contribution in [1.29, 1.82) is 0 Å². The fraction of sp³-hybridized carbons (Fsp3) is 0.250. The van der Waals surface area contributed by atoms with Crippen LogP contribution in [-0.4, -0.2) is 30.4 Å². The zero-order valence-corrected chi connectivity index (χ0v) is 13.7. The molecule has 1 N–H and O–H groups in total. The van der Waals surface area contributed by atoms with E-state index in [9.17, 15) is 9.90 Å². The normalized spacial score (nSPS) is 12.2. The van der Waals surface area contributed by atoms with Crippen LogP contribution in [-0.2, 0) is 9.53 Å². The topological polar surface area (TPSA) is 55.8 Å². The molecule has 2 aromatic rings. The minimum Gasteiger partial charge on any atom is -0.479 e. The van der Waals surface area contributed by atoms with Crippen molar-refractivity contribution in [1.82, 2.24) is 0 Å². The van der Waals surface area contributed by atoms with E-state index in [1.165, 1.54) is 0 Å². The van der Waals surface area contributed by atoms with Crippen LogP contribution in [0.5, 0.6) is 5.75 Å². The fourth-order valence-electron chi connectivity index (χ4n) is 2.10. The molecule has 0 bridgehead atoms. The zero-order chi connectivity index (χ0) is 17.2. The molecule has 0 saturated heterocycles. The second kappa shape index (κ2) is 9.53. The molecule has 1 atom stereocenters. The van der Waals surface area contributed by atoms with Gasteiger partial charge in [-0.3, -0.25) is 0 Å². The van der Waals surface area contributed by atoms with Crippen molar-refractivity contribution in [3.8, 4) is 5.75 Å². The highest BCUT2D eigenvalue weighted by molar-refractivity contribution is 5.72. The van der Waals surface area contributed by atoms with Crippen LogP contribution in [0, 0.1) is 6.92 Å². The zero-order valence-electron chi connectivity index (χ0n) is 13.7. The molecule has 24 heavy (non-hydrogen) atoms. The van der Waals surface area contributed by atoms with E-state index in [0.717, 1.165) is 11.1 Å². The molecule has 2 rings (SSSR count). The molecule has 2 aromatic carbocycles. The molecular formula is C20H22O4. The molecule has 0 saturated carbocycles. The smallest absolute Gasteiger partial charge is 0.344 e. The summed E-state index contributed by atoms with van der Waals surface area (Å²) in [5, 5.41) is 9.25. The van der Waals surface area contributed by atoms with Gasteiger partial charge in [0.25, 0.3) is 0 Å². The summed E-state index contributed by atoms with van der Waals surface area (Å²) in [6.07, 6.45) is 3.26. The van der Waals surface area contributed by atoms with Crippen molar-refractivity contribution in [3.05, 3.63) is 71.8 Å². The summed E-state index contributed by atoms with van der Waals surface area (Å²) < 4.78 is 11.0. The summed E-state index contributed by atoms with van der Waals surface area (Å²) in [7, 11) is 0. The predicted octanol–water partition coefficient (Wildman–Crippen LogP) is 3.95. The Morgan fingerprint density at radius 1 is 1.12 bits per heavy atom. The van der Waals surface area contributed by atoms with Gasteiger partial charge in [-0.1, -0.05) is 60.2 Å². The van der Waals surface area contributed by atoms with Crippen LogP contribution < -0.4 is 4.74 Å². The summed E-state index contributed by atoms with van der Waals surface area (Å²) in [6.45, 7) is 2.73. The van der Waals surface area contributed by atoms with Gasteiger partial charge in [-0.15, -0.1) is 0 Å². The van der Waals surface area contributed by atoms with Gasteiger partial charge in [-0.05, 0) is 24.6 Å². The van der Waals surface area contributed by atoms with Crippen LogP contribution in [0.4, 0.5) is 0 Å². The second-order valence-electron chi connectivity index (χ2n) is 5.43. The summed E-state index contributed by atoms with van der Waals surface area (Å²) in [4.78, 5) is 11.3. The SMILES string of the molecule is Cc1ccc(OC(CCOCC=Cc2ccccc2)C(=O)O)cc1. The number of carboxylic acids is 1. The van der Waals surface area contributed by atoms with Crippen molar-refractivity contribution < 1.29 is 19.4 Å². The van der Waals surface area contributed by atoms with Crippen molar-refractivity contribution in [2.45, 2.75) is 19.4 Å². The van der Waals surface area contributed by atoms with Crippen LogP contribution >= 0.6 is 0 Å². The number of aryl methyl sites for hydroxylation is 1. The van der Waals surface area contributed by atoms with E-state index in [1.54, 1.807) is 12.1 Å². The molecule has 0 amide bonds. The lowest BCUT2D eigenvalue weighted by Crippen LogP contribution is -2.28. The lowest BCUT2D eigenvalue weighted by atomic mass is 10.2. The lowest BCUT2D eigenvalue weighted by molar-refractivity contribution is -0.145. The van der Waals surface area contributed by atoms with Crippen molar-refractivity contribution in [2.75, 3.05) is 13.2 Å². The standard InChI is InChI=1S/C20H22O4/c1-16-9-11-18(12-10-16)24-19(20(21)22)13-15-23-14-5-8-17-6-3-2-4-7-17/h2-12,19H,13-15H2,1H3,(H,21,22). The van der Waals surface area contributed by atoms with Gasteiger partial charge in [0.15, 0.2) is 6.10 Å². The van der Waals surface area contributed by atoms with Gasteiger partial charge in [-0.2, -0.15) is 0 Å². The van der Waals surface area contributed by atoms with E-state index >= 15 is 0 Å². The van der Waals surface area contributed by atoms with Gasteiger partial charge < -0.3 is 14.6 Å². The molecule has 0 spiro atoms. The number of hydrogen-bond donors (Lipinski definition) is 1. The van der Waals surface area contributed by atoms with Crippen molar-refractivity contribution in [2.24, 2.45) is 0 Å². The molecule has 4 heteroatoms. The number of benzene rings is 2. The molecule has 126 valence electrons. The molecule has 1 unspecified atom stereocenters. The second-order valence-corrected chi connectivity index (χ2v) is 5.43. The molecule has 0 heterocycles. The molecule has 4 nitrogen and oxygen atoms in total. The van der Waals surface area contributed by atoms with Gasteiger partial charge in [0.05, 0.1) is 13.2 Å². The van der Waals surface area contributed by atoms with Gasteiger partial charge in [0.1, 0.15) is 5.75 Å². The van der Waals surface area contributed by atoms with Crippen molar-refractivity contribution >= 4 is 12.0 Å². The van der Waals surface area contributed by atoms with Crippen LogP contribution in [0.25, 0.3) is 6.08 Å². The molecule has 0 aliphatic rings. The van der Waals surface area contributed by atoms with E-state index in [2.05, 4.69) is 0 Å². The Morgan fingerprint density at radius 3 is 2.50 bits per heavy atom. The van der Waals surface area contributed by atoms with Gasteiger partial charge in [0, 0.05) is 6.42 Å². The minimum absolute atomic E-state index is 0.294. The van der Waals surface area contributed by atoms with E-state index in [-0.39, 0.29) is 0 Å². The van der Waals surface area contributed by atoms with E-state index in [4.69, 9.17) is 9.47 Å². The maximum atomic E-state index is 11.3. The van der Waals surface area contributed by atoms with Gasteiger partial charge in [-0.25, -0.2) is 4.79 Å². The number of aliphatic carboxylic acids is 1. The minimum atomic E-state index is -0.987. The maximum Gasteiger partial charge on any atom is 0.344 e. The number of ether oxygens (including phenoxy) is 2. The highest BCUT2D eigenvalue weighted by atomic mass is 16.5. The van der Waals surface area contributed by atoms with Crippen LogP contribution in [0.15, 0.2) is 60.7 Å². The maximum absolute atomic E-state index is 11.3. The summed E-state index contributed by atoms with van der Waals surface area (Å²) in [6, 6.07) is 17.2. The fourth-order valence-corrected chi connectivity index (χ4v) is 2.10. The predicted molar refractivity (Wildman–Crippen MR) is 94.1 cm³/mol. The summed E-state index contributed by atoms with van der Waals surface area (Å²) in [5.41, 5.74) is 2.20. The Balaban J connectivity index is 1.72. The number of carbonyl (C=O) groups is 1. The lowest BCUT2D eigenvalue weighted by Gasteiger charge is -2.15. The van der Waals surface area contributed by atoms with Gasteiger partial charge in [0.2, 0.25) is 0 Å². The third-order valence-electron chi connectivity index (χ3n) is 3.42. The molecule has 0 radical (unpaired) electrons. The largest absolute Gasteiger partial charge is 0.479 e. The Bertz CT molecular complexity index is 647. The molecule has 0 aliphatic heterocycles. The molecule has 0 aromatic heterocycles. The summed E-state index contributed by atoms with van der Waals surface area (Å²) in [5.74, 6) is -0.434. The summed E-state index contributed by atoms with van der Waals surface area (Å²) >= 11 is 0. The van der Waals surface area contributed by atoms with Crippen LogP contribution in [0.3, 0.4) is 0 Å². The molecule has 0 fully saturated rings.